The molecule has 0 saturated carbocycles. The van der Waals surface area contributed by atoms with Gasteiger partial charge in [-0.15, -0.1) is 0 Å². The summed E-state index contributed by atoms with van der Waals surface area (Å²) in [5.74, 6) is -0.472. The molecular formula is C15H28N2O4. The quantitative estimate of drug-likeness (QED) is 0.753. The van der Waals surface area contributed by atoms with Crippen LogP contribution in [0.5, 0.6) is 0 Å². The number of carbonyl (C=O) groups is 2. The standard InChI is InChI=1S/C15H28N2O4/c1-4-15(5-2,13(18)19)11-16-14(20)17-8-6-7-12(9-17)10-21-3/h12H,4-11H2,1-3H3,(H,16,20)(H,18,19). The van der Waals surface area contributed by atoms with E-state index in [2.05, 4.69) is 5.32 Å². The lowest BCUT2D eigenvalue weighted by atomic mass is 9.82. The van der Waals surface area contributed by atoms with Crippen molar-refractivity contribution >= 4 is 12.0 Å². The summed E-state index contributed by atoms with van der Waals surface area (Å²) in [5.41, 5.74) is -0.864. The molecule has 0 aromatic carbocycles. The molecule has 0 radical (unpaired) electrons. The second kappa shape index (κ2) is 8.22. The number of carbonyl (C=O) groups excluding carboxylic acids is 1. The smallest absolute Gasteiger partial charge is 0.317 e. The maximum absolute atomic E-state index is 12.2. The third kappa shape index (κ3) is 4.59. The van der Waals surface area contributed by atoms with Gasteiger partial charge >= 0.3 is 12.0 Å². The van der Waals surface area contributed by atoms with Crippen LogP contribution in [0.4, 0.5) is 4.79 Å². The van der Waals surface area contributed by atoms with Crippen molar-refractivity contribution in [3.63, 3.8) is 0 Å². The second-order valence-electron chi connectivity index (χ2n) is 5.86. The topological polar surface area (TPSA) is 78.9 Å². The molecule has 1 saturated heterocycles. The fraction of sp³-hybridized carbons (Fsp3) is 0.867. The molecule has 1 heterocycles. The van der Waals surface area contributed by atoms with Gasteiger partial charge in [0.25, 0.3) is 0 Å². The second-order valence-corrected chi connectivity index (χ2v) is 5.86. The van der Waals surface area contributed by atoms with Crippen LogP contribution >= 0.6 is 0 Å². The minimum atomic E-state index is -0.864. The molecule has 1 rings (SSSR count). The Morgan fingerprint density at radius 3 is 2.57 bits per heavy atom. The summed E-state index contributed by atoms with van der Waals surface area (Å²) in [4.78, 5) is 25.4. The molecule has 1 aliphatic rings. The van der Waals surface area contributed by atoms with E-state index < -0.39 is 11.4 Å². The molecule has 2 N–H and O–H groups in total. The molecule has 1 unspecified atom stereocenters. The lowest BCUT2D eigenvalue weighted by Gasteiger charge is -2.34. The summed E-state index contributed by atoms with van der Waals surface area (Å²) in [7, 11) is 1.67. The Balaban J connectivity index is 2.54. The highest BCUT2D eigenvalue weighted by molar-refractivity contribution is 5.78. The molecule has 21 heavy (non-hydrogen) atoms. The maximum Gasteiger partial charge on any atom is 0.317 e. The zero-order valence-electron chi connectivity index (χ0n) is 13.4. The fourth-order valence-electron chi connectivity index (χ4n) is 2.86. The van der Waals surface area contributed by atoms with E-state index in [0.29, 0.717) is 31.9 Å². The van der Waals surface area contributed by atoms with Gasteiger partial charge in [0, 0.05) is 32.7 Å². The number of methoxy groups -OCH3 is 1. The average Bonchev–Trinajstić information content (AvgIpc) is 2.49. The van der Waals surface area contributed by atoms with Crippen molar-refractivity contribution in [3.05, 3.63) is 0 Å². The Morgan fingerprint density at radius 2 is 2.05 bits per heavy atom. The van der Waals surface area contributed by atoms with Gasteiger partial charge in [-0.3, -0.25) is 4.79 Å². The molecule has 0 spiro atoms. The third-order valence-electron chi connectivity index (χ3n) is 4.59. The first-order valence-electron chi connectivity index (χ1n) is 7.74. The van der Waals surface area contributed by atoms with E-state index in [1.807, 2.05) is 13.8 Å². The fourth-order valence-corrected chi connectivity index (χ4v) is 2.86. The Hall–Kier alpha value is -1.30. The average molecular weight is 300 g/mol. The lowest BCUT2D eigenvalue weighted by molar-refractivity contribution is -0.149. The monoisotopic (exact) mass is 300 g/mol. The number of carboxylic acids is 1. The number of hydrogen-bond acceptors (Lipinski definition) is 3. The zero-order valence-corrected chi connectivity index (χ0v) is 13.4. The molecule has 0 aromatic rings. The number of likely N-dealkylation sites (tertiary alicyclic amines) is 1. The number of aliphatic carboxylic acids is 1. The van der Waals surface area contributed by atoms with Gasteiger partial charge in [-0.1, -0.05) is 13.8 Å². The number of piperidine rings is 1. The zero-order chi connectivity index (χ0) is 15.9. The van der Waals surface area contributed by atoms with Gasteiger partial charge in [-0.25, -0.2) is 4.79 Å². The Labute approximate surface area is 126 Å². The van der Waals surface area contributed by atoms with Crippen molar-refractivity contribution in [2.45, 2.75) is 39.5 Å². The molecule has 1 atom stereocenters. The van der Waals surface area contributed by atoms with Crippen LogP contribution in [0.25, 0.3) is 0 Å². The Morgan fingerprint density at radius 1 is 1.38 bits per heavy atom. The van der Waals surface area contributed by atoms with Crippen LogP contribution in [0.1, 0.15) is 39.5 Å². The summed E-state index contributed by atoms with van der Waals surface area (Å²) in [6.45, 7) is 5.94. The predicted octanol–water partition coefficient (Wildman–Crippen LogP) is 1.95. The van der Waals surface area contributed by atoms with Gasteiger partial charge in [0.15, 0.2) is 0 Å². The molecule has 122 valence electrons. The Bertz CT molecular complexity index is 354. The van der Waals surface area contributed by atoms with Crippen LogP contribution in [0.2, 0.25) is 0 Å². The summed E-state index contributed by atoms with van der Waals surface area (Å²) in [5, 5.41) is 12.2. The number of urea groups is 1. The molecule has 0 aromatic heterocycles. The van der Waals surface area contributed by atoms with Crippen LogP contribution in [0.3, 0.4) is 0 Å². The number of hydrogen-bond donors (Lipinski definition) is 2. The molecular weight excluding hydrogens is 272 g/mol. The molecule has 6 nitrogen and oxygen atoms in total. The normalized spacial score (nSPS) is 19.4. The molecule has 6 heteroatoms. The first-order chi connectivity index (χ1) is 9.99. The van der Waals surface area contributed by atoms with Crippen molar-refractivity contribution < 1.29 is 19.4 Å². The third-order valence-corrected chi connectivity index (χ3v) is 4.59. The molecule has 0 aliphatic carbocycles. The van der Waals surface area contributed by atoms with Crippen molar-refractivity contribution in [2.24, 2.45) is 11.3 Å². The van der Waals surface area contributed by atoms with Crippen molar-refractivity contribution in [1.82, 2.24) is 10.2 Å². The maximum atomic E-state index is 12.2. The molecule has 1 fully saturated rings. The van der Waals surface area contributed by atoms with Crippen molar-refractivity contribution in [2.75, 3.05) is 33.4 Å². The molecule has 1 aliphatic heterocycles. The van der Waals surface area contributed by atoms with Gasteiger partial charge < -0.3 is 20.1 Å². The van der Waals surface area contributed by atoms with Gasteiger partial charge in [0.1, 0.15) is 0 Å². The number of amides is 2. The van der Waals surface area contributed by atoms with Crippen LogP contribution in [0.15, 0.2) is 0 Å². The van der Waals surface area contributed by atoms with E-state index in [4.69, 9.17) is 4.74 Å². The van der Waals surface area contributed by atoms with E-state index in [1.54, 1.807) is 12.0 Å². The van der Waals surface area contributed by atoms with E-state index in [0.717, 1.165) is 19.4 Å². The van der Waals surface area contributed by atoms with Gasteiger partial charge in [0.05, 0.1) is 12.0 Å². The van der Waals surface area contributed by atoms with E-state index in [-0.39, 0.29) is 12.6 Å². The first kappa shape index (κ1) is 17.8. The lowest BCUT2D eigenvalue weighted by Crippen LogP contribution is -2.50. The summed E-state index contributed by atoms with van der Waals surface area (Å²) in [6.07, 6.45) is 3.05. The van der Waals surface area contributed by atoms with Crippen LogP contribution in [-0.2, 0) is 9.53 Å². The van der Waals surface area contributed by atoms with E-state index >= 15 is 0 Å². The van der Waals surface area contributed by atoms with Crippen LogP contribution in [-0.4, -0.2) is 55.4 Å². The van der Waals surface area contributed by atoms with Crippen molar-refractivity contribution in [3.8, 4) is 0 Å². The van der Waals surface area contributed by atoms with Gasteiger partial charge in [-0.2, -0.15) is 0 Å². The molecule has 2 amide bonds. The highest BCUT2D eigenvalue weighted by Crippen LogP contribution is 2.26. The number of ether oxygens (including phenoxy) is 1. The minimum Gasteiger partial charge on any atom is -0.481 e. The van der Waals surface area contributed by atoms with E-state index in [9.17, 15) is 14.7 Å². The summed E-state index contributed by atoms with van der Waals surface area (Å²) < 4.78 is 5.15. The number of rotatable bonds is 7. The number of carboxylic acid groups (broad SMARTS) is 1. The largest absolute Gasteiger partial charge is 0.481 e. The first-order valence-corrected chi connectivity index (χ1v) is 7.74. The van der Waals surface area contributed by atoms with Crippen LogP contribution in [0, 0.1) is 11.3 Å². The molecule has 0 bridgehead atoms. The number of nitrogens with zero attached hydrogens (tertiary/aromatic N) is 1. The van der Waals surface area contributed by atoms with Crippen molar-refractivity contribution in [1.29, 1.82) is 0 Å². The van der Waals surface area contributed by atoms with Crippen LogP contribution < -0.4 is 5.32 Å². The number of nitrogens with one attached hydrogen (secondary N) is 1. The Kier molecular flexibility index (Phi) is 6.95. The highest BCUT2D eigenvalue weighted by Gasteiger charge is 2.35. The summed E-state index contributed by atoms with van der Waals surface area (Å²) >= 11 is 0. The summed E-state index contributed by atoms with van der Waals surface area (Å²) in [6, 6.07) is -0.164. The van der Waals surface area contributed by atoms with E-state index in [1.165, 1.54) is 0 Å². The highest BCUT2D eigenvalue weighted by atomic mass is 16.5. The SMILES string of the molecule is CCC(CC)(CNC(=O)N1CCCC(COC)C1)C(=O)O. The van der Waals surface area contributed by atoms with Gasteiger partial charge in [0.2, 0.25) is 0 Å². The predicted molar refractivity (Wildman–Crippen MR) is 80.2 cm³/mol. The van der Waals surface area contributed by atoms with Gasteiger partial charge in [-0.05, 0) is 25.7 Å². The minimum absolute atomic E-state index is 0.164.